The highest BCUT2D eigenvalue weighted by Crippen LogP contribution is 2.40. The second-order valence-corrected chi connectivity index (χ2v) is 23.2. The highest BCUT2D eigenvalue weighted by molar-refractivity contribution is 7.80. The van der Waals surface area contributed by atoms with Crippen molar-refractivity contribution in [2.75, 3.05) is 35.2 Å². The van der Waals surface area contributed by atoms with Crippen LogP contribution in [0.25, 0.3) is 0 Å². The van der Waals surface area contributed by atoms with Gasteiger partial charge in [0.1, 0.15) is 0 Å². The highest BCUT2D eigenvalue weighted by atomic mass is 31.1. The molecule has 0 N–H and O–H groups in total. The fourth-order valence-electron chi connectivity index (χ4n) is 8.40. The fraction of sp³-hybridized carbons (Fsp3) is 0.0847. The highest BCUT2D eigenvalue weighted by Gasteiger charge is 2.22. The molecule has 372 valence electrons. The van der Waals surface area contributed by atoms with Crippen LogP contribution in [0.3, 0.4) is 0 Å². The van der Waals surface area contributed by atoms with E-state index in [2.05, 4.69) is 160 Å². The Hall–Kier alpha value is -8.53. The zero-order chi connectivity index (χ0) is 52.5. The van der Waals surface area contributed by atoms with E-state index >= 15 is 0 Å². The second kappa shape index (κ2) is 26.1. The van der Waals surface area contributed by atoms with E-state index in [4.69, 9.17) is 20.5 Å². The van der Waals surface area contributed by atoms with Gasteiger partial charge >= 0.3 is 0 Å². The molecule has 14 nitrogen and oxygen atoms in total. The van der Waals surface area contributed by atoms with E-state index in [9.17, 15) is 0 Å². The van der Waals surface area contributed by atoms with Crippen LogP contribution < -0.4 is 47.7 Å². The molecule has 0 saturated heterocycles. The summed E-state index contributed by atoms with van der Waals surface area (Å²) in [5.74, 6) is 0. The fourth-order valence-corrected chi connectivity index (χ4v) is 15.6. The minimum atomic E-state index is -1.15. The van der Waals surface area contributed by atoms with E-state index in [0.29, 0.717) is 0 Å². The molecule has 0 fully saturated rings. The monoisotopic (exact) mass is 1050 g/mol. The van der Waals surface area contributed by atoms with Crippen molar-refractivity contribution in [1.29, 1.82) is 0 Å². The van der Waals surface area contributed by atoms with Gasteiger partial charge < -0.3 is 0 Å². The summed E-state index contributed by atoms with van der Waals surface area (Å²) in [4.78, 5) is 0. The standard InChI is InChI=1S/C59H51N14P3/c1-60-65-42-15-6-24-51(33-42)74(52-25-7-16-43(34-52)66-61-2)56-29-11-20-47(38-56)70-72-49-22-13-31-58(40-49)76(55-28-10-19-46(37-55)69-64-5)59-32-14-23-50(41-59)73-71-48-21-12-30-57(39-48)75(53-26-8-17-44(35-53)67-62-3)54-27-9-18-45(36-54)68-63-4/h6-41H,1-5H3. The maximum Gasteiger partial charge on any atom is 0.0863 e. The van der Waals surface area contributed by atoms with Gasteiger partial charge in [0.2, 0.25) is 0 Å². The van der Waals surface area contributed by atoms with Crippen LogP contribution in [0.15, 0.2) is 290 Å². The Morgan fingerprint density at radius 1 is 0.184 bits per heavy atom. The van der Waals surface area contributed by atoms with E-state index in [1.165, 1.54) is 0 Å². The first-order valence-corrected chi connectivity index (χ1v) is 28.1. The minimum absolute atomic E-state index is 0.718. The van der Waals surface area contributed by atoms with Gasteiger partial charge in [-0.2, -0.15) is 71.6 Å². The molecular weight excluding hydrogens is 998 g/mol. The molecule has 9 aromatic carbocycles. The second-order valence-electron chi connectivity index (χ2n) is 16.6. The molecule has 0 bridgehead atoms. The van der Waals surface area contributed by atoms with Crippen LogP contribution in [-0.2, 0) is 0 Å². The predicted molar refractivity (Wildman–Crippen MR) is 316 cm³/mol. The topological polar surface area (TPSA) is 173 Å². The number of nitrogens with zero attached hydrogens (tertiary/aromatic N) is 14. The number of benzene rings is 9. The molecule has 9 aromatic rings. The summed E-state index contributed by atoms with van der Waals surface area (Å²) in [5, 5.41) is 71.2. The third kappa shape index (κ3) is 13.4. The van der Waals surface area contributed by atoms with Gasteiger partial charge in [-0.25, -0.2) is 0 Å². The summed E-state index contributed by atoms with van der Waals surface area (Å²) in [6.45, 7) is 0. The van der Waals surface area contributed by atoms with Gasteiger partial charge in [0.15, 0.2) is 0 Å². The summed E-state index contributed by atoms with van der Waals surface area (Å²) >= 11 is 0. The summed E-state index contributed by atoms with van der Waals surface area (Å²) in [7, 11) is 5.16. The molecular formula is C59H51N14P3. The van der Waals surface area contributed by atoms with Crippen molar-refractivity contribution in [3.05, 3.63) is 218 Å². The maximum atomic E-state index is 4.84. The van der Waals surface area contributed by atoms with Gasteiger partial charge in [-0.05, 0) is 181 Å². The maximum absolute atomic E-state index is 4.84. The molecule has 0 heterocycles. The van der Waals surface area contributed by atoms with E-state index in [1.807, 2.05) is 109 Å². The van der Waals surface area contributed by atoms with Crippen molar-refractivity contribution < 1.29 is 0 Å². The Balaban J connectivity index is 1.04. The van der Waals surface area contributed by atoms with E-state index < -0.39 is 23.8 Å². The summed E-state index contributed by atoms with van der Waals surface area (Å²) in [6, 6.07) is 74.0. The number of hydrogen-bond donors (Lipinski definition) is 0. The number of hydrogen-bond acceptors (Lipinski definition) is 14. The SMILES string of the molecule is CN=Nc1cccc(P(c2cccc(N=NC)c2)c2cccc(N=Nc3cccc(P(c4cccc(N=NC)c4)c4cccc(N=Nc5cccc(P(c6cccc(N=NC)c6)c6cccc(N=NC)c6)c5)c4)c3)c2)c1. The van der Waals surface area contributed by atoms with Gasteiger partial charge in [-0.1, -0.05) is 109 Å². The quantitative estimate of drug-likeness (QED) is 0.0588. The van der Waals surface area contributed by atoms with Crippen LogP contribution >= 0.6 is 23.8 Å². The van der Waals surface area contributed by atoms with E-state index in [-0.39, 0.29) is 0 Å². The van der Waals surface area contributed by atoms with Crippen LogP contribution in [0, 0.1) is 0 Å². The molecule has 0 spiro atoms. The Morgan fingerprint density at radius 3 is 0.447 bits per heavy atom. The molecule has 0 aromatic heterocycles. The Bertz CT molecular complexity index is 3360. The first-order chi connectivity index (χ1) is 37.4. The molecule has 9 rings (SSSR count). The molecule has 0 aliphatic heterocycles. The normalized spacial score (nSPS) is 13.3. The van der Waals surface area contributed by atoms with Gasteiger partial charge in [-0.15, -0.1) is 0 Å². The summed E-state index contributed by atoms with van der Waals surface area (Å²) in [6.07, 6.45) is 0. The third-order valence-corrected chi connectivity index (χ3v) is 18.6. The van der Waals surface area contributed by atoms with Crippen molar-refractivity contribution in [3.8, 4) is 0 Å². The smallest absolute Gasteiger partial charge is 0.0863 e. The lowest BCUT2D eigenvalue weighted by atomic mass is 10.3. The average molecular weight is 1050 g/mol. The molecule has 0 amide bonds. The molecule has 17 heteroatoms. The summed E-state index contributed by atoms with van der Waals surface area (Å²) < 4.78 is 0. The van der Waals surface area contributed by atoms with E-state index in [1.54, 1.807) is 35.2 Å². The van der Waals surface area contributed by atoms with Crippen LogP contribution in [0.2, 0.25) is 0 Å². The Morgan fingerprint density at radius 2 is 0.316 bits per heavy atom. The number of rotatable bonds is 18. The van der Waals surface area contributed by atoms with Gasteiger partial charge in [-0.3, -0.25) is 0 Å². The van der Waals surface area contributed by atoms with Gasteiger partial charge in [0, 0.05) is 35.2 Å². The minimum Gasteiger partial charge on any atom is -0.192 e. The lowest BCUT2D eigenvalue weighted by Crippen LogP contribution is -2.20. The zero-order valence-corrected chi connectivity index (χ0v) is 45.1. The van der Waals surface area contributed by atoms with Crippen LogP contribution in [0.1, 0.15) is 0 Å². The van der Waals surface area contributed by atoms with Crippen LogP contribution in [0.4, 0.5) is 51.2 Å². The Kier molecular flexibility index (Phi) is 18.0. The van der Waals surface area contributed by atoms with Crippen LogP contribution in [-0.4, -0.2) is 35.2 Å². The third-order valence-electron chi connectivity index (χ3n) is 11.4. The van der Waals surface area contributed by atoms with Gasteiger partial charge in [0.25, 0.3) is 0 Å². The largest absolute Gasteiger partial charge is 0.192 e. The lowest BCUT2D eigenvalue weighted by molar-refractivity contribution is 1.17. The van der Waals surface area contributed by atoms with Crippen molar-refractivity contribution in [2.24, 2.45) is 71.6 Å². The predicted octanol–water partition coefficient (Wildman–Crippen LogP) is 15.4. The molecule has 0 aliphatic rings. The van der Waals surface area contributed by atoms with Gasteiger partial charge in [0.05, 0.1) is 51.2 Å². The molecule has 76 heavy (non-hydrogen) atoms. The molecule has 0 saturated carbocycles. The number of azo groups is 7. The molecule has 0 aliphatic carbocycles. The van der Waals surface area contributed by atoms with Crippen molar-refractivity contribution in [1.82, 2.24) is 0 Å². The van der Waals surface area contributed by atoms with Crippen molar-refractivity contribution in [2.45, 2.75) is 0 Å². The first kappa shape index (κ1) is 52.3. The van der Waals surface area contributed by atoms with Crippen molar-refractivity contribution in [3.63, 3.8) is 0 Å². The van der Waals surface area contributed by atoms with E-state index in [0.717, 1.165) is 98.9 Å². The Labute approximate surface area is 445 Å². The lowest BCUT2D eigenvalue weighted by Gasteiger charge is -2.20. The zero-order valence-electron chi connectivity index (χ0n) is 42.4. The molecule has 0 radical (unpaired) electrons. The average Bonchev–Trinajstić information content (AvgIpc) is 3.45. The first-order valence-electron chi connectivity index (χ1n) is 24.1. The van der Waals surface area contributed by atoms with Crippen LogP contribution in [0.5, 0.6) is 0 Å². The van der Waals surface area contributed by atoms with Crippen molar-refractivity contribution >= 4 is 123 Å². The summed E-state index contributed by atoms with van der Waals surface area (Å²) in [5.41, 5.74) is 6.81. The molecule has 0 atom stereocenters. The molecule has 0 unspecified atom stereocenters.